The molecule has 0 spiro atoms. The van der Waals surface area contributed by atoms with Crippen LogP contribution in [0.3, 0.4) is 0 Å². The lowest BCUT2D eigenvalue weighted by molar-refractivity contribution is -0.115. The molecule has 23 heavy (non-hydrogen) atoms. The summed E-state index contributed by atoms with van der Waals surface area (Å²) >= 11 is 7.20. The number of rotatable bonds is 6. The van der Waals surface area contributed by atoms with Gasteiger partial charge in [-0.25, -0.2) is 0 Å². The maximum Gasteiger partial charge on any atom is 0.259 e. The molecular weight excluding hydrogens is 336 g/mol. The van der Waals surface area contributed by atoms with Gasteiger partial charge in [0.15, 0.2) is 0 Å². The number of nitrogens with one attached hydrogen (secondary N) is 1. The Kier molecular flexibility index (Phi) is 5.90. The fraction of sp³-hybridized carbons (Fsp3) is 0.125. The maximum absolute atomic E-state index is 12.5. The van der Waals surface area contributed by atoms with E-state index in [9.17, 15) is 9.59 Å². The molecule has 7 heteroatoms. The number of primary amides is 1. The van der Waals surface area contributed by atoms with Crippen LogP contribution in [0.5, 0.6) is 5.75 Å². The lowest BCUT2D eigenvalue weighted by Crippen LogP contribution is -2.15. The summed E-state index contributed by atoms with van der Waals surface area (Å²) in [6, 6.07) is 12.0. The average molecular weight is 351 g/mol. The van der Waals surface area contributed by atoms with E-state index < -0.39 is 5.91 Å². The Bertz CT molecular complexity index is 737. The molecule has 120 valence electrons. The van der Waals surface area contributed by atoms with Gasteiger partial charge in [-0.2, -0.15) is 0 Å². The highest BCUT2D eigenvalue weighted by molar-refractivity contribution is 8.00. The smallest absolute Gasteiger partial charge is 0.259 e. The summed E-state index contributed by atoms with van der Waals surface area (Å²) in [5, 5.41) is 3.24. The van der Waals surface area contributed by atoms with E-state index in [1.54, 1.807) is 30.3 Å². The summed E-state index contributed by atoms with van der Waals surface area (Å²) in [7, 11) is 1.48. The van der Waals surface area contributed by atoms with Crippen LogP contribution in [-0.4, -0.2) is 24.7 Å². The molecule has 0 unspecified atom stereocenters. The van der Waals surface area contributed by atoms with Crippen molar-refractivity contribution >= 4 is 40.9 Å². The second-order valence-electron chi connectivity index (χ2n) is 4.55. The van der Waals surface area contributed by atoms with Crippen molar-refractivity contribution in [2.45, 2.75) is 4.90 Å². The summed E-state index contributed by atoms with van der Waals surface area (Å²) < 4.78 is 5.18. The molecule has 0 heterocycles. The van der Waals surface area contributed by atoms with Crippen molar-refractivity contribution in [2.24, 2.45) is 5.73 Å². The van der Waals surface area contributed by atoms with Crippen LogP contribution in [0, 0.1) is 0 Å². The standard InChI is InChI=1S/C16H15ClN2O3S/c1-22-13-7-6-10(17)8-11(13)16(21)19-12-4-2-3-5-14(12)23-9-15(18)20/h2-8H,9H2,1H3,(H2,18,20)(H,19,21). The van der Waals surface area contributed by atoms with Crippen molar-refractivity contribution < 1.29 is 14.3 Å². The largest absolute Gasteiger partial charge is 0.496 e. The first-order valence-corrected chi connectivity index (χ1v) is 8.02. The van der Waals surface area contributed by atoms with Crippen LogP contribution in [0.2, 0.25) is 5.02 Å². The van der Waals surface area contributed by atoms with E-state index in [1.807, 2.05) is 6.07 Å². The van der Waals surface area contributed by atoms with Gasteiger partial charge < -0.3 is 15.8 Å². The normalized spacial score (nSPS) is 10.2. The molecule has 0 fully saturated rings. The molecule has 0 atom stereocenters. The third-order valence-corrected chi connectivity index (χ3v) is 4.24. The lowest BCUT2D eigenvalue weighted by atomic mass is 10.2. The first-order chi connectivity index (χ1) is 11.0. The van der Waals surface area contributed by atoms with Gasteiger partial charge in [-0.05, 0) is 30.3 Å². The molecule has 0 bridgehead atoms. The zero-order valence-corrected chi connectivity index (χ0v) is 13.9. The fourth-order valence-electron chi connectivity index (χ4n) is 1.89. The van der Waals surface area contributed by atoms with E-state index in [4.69, 9.17) is 22.1 Å². The molecule has 0 aliphatic carbocycles. The number of thioether (sulfide) groups is 1. The molecule has 2 amide bonds. The molecule has 0 radical (unpaired) electrons. The lowest BCUT2D eigenvalue weighted by Gasteiger charge is -2.12. The van der Waals surface area contributed by atoms with Gasteiger partial charge >= 0.3 is 0 Å². The number of amides is 2. The number of anilines is 1. The zero-order chi connectivity index (χ0) is 16.8. The highest BCUT2D eigenvalue weighted by atomic mass is 35.5. The van der Waals surface area contributed by atoms with Gasteiger partial charge in [0.25, 0.3) is 5.91 Å². The van der Waals surface area contributed by atoms with Crippen molar-refractivity contribution in [3.8, 4) is 5.75 Å². The van der Waals surface area contributed by atoms with Crippen LogP contribution in [0.4, 0.5) is 5.69 Å². The summed E-state index contributed by atoms with van der Waals surface area (Å²) in [5.74, 6) is -0.216. The van der Waals surface area contributed by atoms with Crippen molar-refractivity contribution in [1.82, 2.24) is 0 Å². The molecule has 2 rings (SSSR count). The summed E-state index contributed by atoms with van der Waals surface area (Å²) in [5.41, 5.74) is 6.08. The van der Waals surface area contributed by atoms with E-state index in [0.29, 0.717) is 22.0 Å². The monoisotopic (exact) mass is 350 g/mol. The summed E-state index contributed by atoms with van der Waals surface area (Å²) in [6.45, 7) is 0. The summed E-state index contributed by atoms with van der Waals surface area (Å²) in [6.07, 6.45) is 0. The van der Waals surface area contributed by atoms with Gasteiger partial charge in [-0.1, -0.05) is 23.7 Å². The van der Waals surface area contributed by atoms with Crippen molar-refractivity contribution in [1.29, 1.82) is 0 Å². The third kappa shape index (κ3) is 4.64. The number of hydrogen-bond donors (Lipinski definition) is 2. The van der Waals surface area contributed by atoms with E-state index >= 15 is 0 Å². The topological polar surface area (TPSA) is 81.4 Å². The number of hydrogen-bond acceptors (Lipinski definition) is 4. The molecule has 0 aromatic heterocycles. The minimum absolute atomic E-state index is 0.132. The number of para-hydroxylation sites is 1. The Morgan fingerprint density at radius 1 is 1.26 bits per heavy atom. The number of ether oxygens (including phenoxy) is 1. The molecule has 2 aromatic carbocycles. The number of benzene rings is 2. The van der Waals surface area contributed by atoms with Gasteiger partial charge in [-0.15, -0.1) is 11.8 Å². The second kappa shape index (κ2) is 7.89. The number of halogens is 1. The van der Waals surface area contributed by atoms with Gasteiger partial charge in [0.05, 0.1) is 24.1 Å². The molecule has 0 saturated heterocycles. The van der Waals surface area contributed by atoms with Crippen LogP contribution in [0.15, 0.2) is 47.4 Å². The Labute approximate surface area is 143 Å². The third-order valence-electron chi connectivity index (χ3n) is 2.91. The van der Waals surface area contributed by atoms with Gasteiger partial charge in [0.2, 0.25) is 5.91 Å². The van der Waals surface area contributed by atoms with Crippen LogP contribution < -0.4 is 15.8 Å². The first kappa shape index (κ1) is 17.2. The van der Waals surface area contributed by atoms with Crippen LogP contribution >= 0.6 is 23.4 Å². The minimum Gasteiger partial charge on any atom is -0.496 e. The Balaban J connectivity index is 2.24. The molecule has 0 aliphatic rings. The van der Waals surface area contributed by atoms with E-state index in [2.05, 4.69) is 5.32 Å². The van der Waals surface area contributed by atoms with Crippen LogP contribution in [0.25, 0.3) is 0 Å². The fourth-order valence-corrected chi connectivity index (χ4v) is 2.81. The Hall–Kier alpha value is -2.18. The minimum atomic E-state index is -0.423. The number of carbonyl (C=O) groups is 2. The molecule has 2 aromatic rings. The van der Waals surface area contributed by atoms with Crippen molar-refractivity contribution in [3.63, 3.8) is 0 Å². The molecule has 0 aliphatic heterocycles. The van der Waals surface area contributed by atoms with Gasteiger partial charge in [0, 0.05) is 9.92 Å². The van der Waals surface area contributed by atoms with E-state index in [-0.39, 0.29) is 11.7 Å². The zero-order valence-electron chi connectivity index (χ0n) is 12.3. The van der Waals surface area contributed by atoms with Gasteiger partial charge in [-0.3, -0.25) is 9.59 Å². The van der Waals surface area contributed by atoms with Crippen LogP contribution in [-0.2, 0) is 4.79 Å². The van der Waals surface area contributed by atoms with Gasteiger partial charge in [0.1, 0.15) is 5.75 Å². The second-order valence-corrected chi connectivity index (χ2v) is 6.00. The number of nitrogens with two attached hydrogens (primary N) is 1. The molecule has 5 nitrogen and oxygen atoms in total. The predicted octanol–water partition coefficient (Wildman–Crippen LogP) is 3.18. The van der Waals surface area contributed by atoms with Crippen molar-refractivity contribution in [3.05, 3.63) is 53.1 Å². The highest BCUT2D eigenvalue weighted by Gasteiger charge is 2.15. The quantitative estimate of drug-likeness (QED) is 0.784. The van der Waals surface area contributed by atoms with E-state index in [0.717, 1.165) is 4.90 Å². The summed E-state index contributed by atoms with van der Waals surface area (Å²) in [4.78, 5) is 24.2. The number of carbonyl (C=O) groups excluding carboxylic acids is 2. The van der Waals surface area contributed by atoms with Crippen LogP contribution in [0.1, 0.15) is 10.4 Å². The SMILES string of the molecule is COc1ccc(Cl)cc1C(=O)Nc1ccccc1SCC(N)=O. The Morgan fingerprint density at radius 2 is 2.00 bits per heavy atom. The first-order valence-electron chi connectivity index (χ1n) is 6.66. The average Bonchev–Trinajstić information content (AvgIpc) is 2.53. The molecular formula is C16H15ClN2O3S. The van der Waals surface area contributed by atoms with Crippen molar-refractivity contribution in [2.75, 3.05) is 18.2 Å². The number of methoxy groups -OCH3 is 1. The highest BCUT2D eigenvalue weighted by Crippen LogP contribution is 2.29. The van der Waals surface area contributed by atoms with E-state index in [1.165, 1.54) is 24.9 Å². The Morgan fingerprint density at radius 3 is 2.70 bits per heavy atom. The maximum atomic E-state index is 12.5. The molecule has 3 N–H and O–H groups in total. The molecule has 0 saturated carbocycles. The predicted molar refractivity (Wildman–Crippen MR) is 92.3 cm³/mol.